The summed E-state index contributed by atoms with van der Waals surface area (Å²) in [5.41, 5.74) is 0.304. The van der Waals surface area contributed by atoms with Gasteiger partial charge in [-0.1, -0.05) is 19.8 Å². The van der Waals surface area contributed by atoms with Crippen LogP contribution in [0.5, 0.6) is 0 Å². The standard InChI is InChI=1S/C19H35N5OS/c1-3-17(25)23-9-6-16(14-23)22-18(20-2)21-15-19(7-4-5-8-19)24-10-12-26-13-11-24/h16H,3-15H2,1-2H3,(H2,20,21,22). The summed E-state index contributed by atoms with van der Waals surface area (Å²) in [6.07, 6.45) is 6.87. The maximum Gasteiger partial charge on any atom is 0.222 e. The van der Waals surface area contributed by atoms with Crippen LogP contribution in [0.2, 0.25) is 0 Å². The van der Waals surface area contributed by atoms with E-state index in [9.17, 15) is 4.79 Å². The molecule has 1 aliphatic carbocycles. The van der Waals surface area contributed by atoms with E-state index in [-0.39, 0.29) is 5.91 Å². The van der Waals surface area contributed by atoms with Gasteiger partial charge in [-0.25, -0.2) is 0 Å². The van der Waals surface area contributed by atoms with Gasteiger partial charge in [-0.05, 0) is 19.3 Å². The molecule has 0 bridgehead atoms. The molecule has 6 nitrogen and oxygen atoms in total. The minimum Gasteiger partial charge on any atom is -0.355 e. The van der Waals surface area contributed by atoms with Crippen LogP contribution in [0.4, 0.5) is 0 Å². The van der Waals surface area contributed by atoms with Gasteiger partial charge in [-0.15, -0.1) is 0 Å². The highest BCUT2D eigenvalue weighted by molar-refractivity contribution is 7.99. The van der Waals surface area contributed by atoms with Crippen molar-refractivity contribution in [3.05, 3.63) is 0 Å². The van der Waals surface area contributed by atoms with Crippen molar-refractivity contribution in [1.29, 1.82) is 0 Å². The number of nitrogens with zero attached hydrogens (tertiary/aromatic N) is 3. The summed E-state index contributed by atoms with van der Waals surface area (Å²) in [6.45, 7) is 6.99. The summed E-state index contributed by atoms with van der Waals surface area (Å²) in [6, 6.07) is 0.308. The monoisotopic (exact) mass is 381 g/mol. The lowest BCUT2D eigenvalue weighted by Crippen LogP contribution is -2.58. The molecule has 0 aromatic carbocycles. The highest BCUT2D eigenvalue weighted by Gasteiger charge is 2.40. The zero-order chi connectivity index (χ0) is 18.4. The minimum absolute atomic E-state index is 0.255. The van der Waals surface area contributed by atoms with Crippen LogP contribution in [0.1, 0.15) is 45.4 Å². The van der Waals surface area contributed by atoms with E-state index in [2.05, 4.69) is 32.3 Å². The fraction of sp³-hybridized carbons (Fsp3) is 0.895. The maximum absolute atomic E-state index is 11.9. The van der Waals surface area contributed by atoms with Crippen LogP contribution in [0.25, 0.3) is 0 Å². The fourth-order valence-electron chi connectivity index (χ4n) is 4.64. The predicted octanol–water partition coefficient (Wildman–Crippen LogP) is 1.52. The molecule has 1 amide bonds. The highest BCUT2D eigenvalue weighted by atomic mass is 32.2. The van der Waals surface area contributed by atoms with Crippen molar-refractivity contribution in [2.75, 3.05) is 51.3 Å². The van der Waals surface area contributed by atoms with Gasteiger partial charge in [-0.3, -0.25) is 14.7 Å². The van der Waals surface area contributed by atoms with Crippen molar-refractivity contribution < 1.29 is 4.79 Å². The van der Waals surface area contributed by atoms with Gasteiger partial charge in [0.1, 0.15) is 0 Å². The molecule has 1 unspecified atom stereocenters. The number of guanidine groups is 1. The number of carbonyl (C=O) groups is 1. The van der Waals surface area contributed by atoms with E-state index >= 15 is 0 Å². The van der Waals surface area contributed by atoms with Crippen LogP contribution in [0, 0.1) is 0 Å². The van der Waals surface area contributed by atoms with Crippen molar-refractivity contribution in [3.8, 4) is 0 Å². The third-order valence-electron chi connectivity index (χ3n) is 6.21. The van der Waals surface area contributed by atoms with Crippen LogP contribution in [0.3, 0.4) is 0 Å². The summed E-state index contributed by atoms with van der Waals surface area (Å²) in [4.78, 5) is 21.0. The van der Waals surface area contributed by atoms with Gasteiger partial charge in [0.25, 0.3) is 0 Å². The van der Waals surface area contributed by atoms with Gasteiger partial charge >= 0.3 is 0 Å². The van der Waals surface area contributed by atoms with Gasteiger partial charge in [-0.2, -0.15) is 11.8 Å². The van der Waals surface area contributed by atoms with Crippen molar-refractivity contribution in [1.82, 2.24) is 20.4 Å². The van der Waals surface area contributed by atoms with Gasteiger partial charge in [0.05, 0.1) is 0 Å². The zero-order valence-electron chi connectivity index (χ0n) is 16.4. The Bertz CT molecular complexity index is 500. The molecule has 148 valence electrons. The van der Waals surface area contributed by atoms with Crippen molar-refractivity contribution in [3.63, 3.8) is 0 Å². The number of nitrogens with one attached hydrogen (secondary N) is 2. The lowest BCUT2D eigenvalue weighted by Gasteiger charge is -2.43. The Labute approximate surface area is 162 Å². The minimum atomic E-state index is 0.255. The first kappa shape index (κ1) is 19.8. The Morgan fingerprint density at radius 2 is 1.96 bits per heavy atom. The first-order valence-electron chi connectivity index (χ1n) is 10.2. The number of amides is 1. The van der Waals surface area contributed by atoms with E-state index < -0.39 is 0 Å². The molecule has 26 heavy (non-hydrogen) atoms. The lowest BCUT2D eigenvalue weighted by atomic mass is 9.94. The molecule has 3 fully saturated rings. The second-order valence-electron chi connectivity index (χ2n) is 7.78. The molecule has 3 rings (SSSR count). The first-order valence-corrected chi connectivity index (χ1v) is 11.4. The average Bonchev–Trinajstić information content (AvgIpc) is 3.35. The van der Waals surface area contributed by atoms with Gasteiger partial charge < -0.3 is 15.5 Å². The molecular weight excluding hydrogens is 346 g/mol. The Balaban J connectivity index is 1.52. The van der Waals surface area contributed by atoms with Crippen molar-refractivity contribution in [2.24, 2.45) is 4.99 Å². The summed E-state index contributed by atoms with van der Waals surface area (Å²) < 4.78 is 0. The molecule has 2 saturated heterocycles. The number of hydrogen-bond donors (Lipinski definition) is 2. The molecule has 0 radical (unpaired) electrons. The number of hydrogen-bond acceptors (Lipinski definition) is 4. The van der Waals surface area contributed by atoms with E-state index in [4.69, 9.17) is 0 Å². The quantitative estimate of drug-likeness (QED) is 0.559. The van der Waals surface area contributed by atoms with E-state index in [0.29, 0.717) is 18.0 Å². The molecule has 7 heteroatoms. The molecular formula is C19H35N5OS. The largest absolute Gasteiger partial charge is 0.355 e. The number of likely N-dealkylation sites (tertiary alicyclic amines) is 1. The smallest absolute Gasteiger partial charge is 0.222 e. The second kappa shape index (κ2) is 9.31. The van der Waals surface area contributed by atoms with Crippen molar-refractivity contribution >= 4 is 23.6 Å². The molecule has 0 aromatic heterocycles. The normalized spacial score (nSPS) is 26.9. The van der Waals surface area contributed by atoms with Gasteiger partial charge in [0.15, 0.2) is 5.96 Å². The van der Waals surface area contributed by atoms with E-state index in [1.54, 1.807) is 0 Å². The molecule has 0 aromatic rings. The van der Waals surface area contributed by atoms with Crippen LogP contribution in [-0.4, -0.2) is 84.5 Å². The molecule has 2 heterocycles. The molecule has 2 aliphatic heterocycles. The summed E-state index contributed by atoms with van der Waals surface area (Å²) in [5, 5.41) is 7.16. The summed E-state index contributed by atoms with van der Waals surface area (Å²) in [7, 11) is 1.85. The van der Waals surface area contributed by atoms with Gasteiger partial charge in [0, 0.05) is 69.3 Å². The number of carbonyl (C=O) groups excluding carboxylic acids is 1. The first-order chi connectivity index (χ1) is 12.7. The Morgan fingerprint density at radius 1 is 1.23 bits per heavy atom. The van der Waals surface area contributed by atoms with Crippen LogP contribution in [-0.2, 0) is 4.79 Å². The van der Waals surface area contributed by atoms with Crippen molar-refractivity contribution in [2.45, 2.75) is 57.0 Å². The topological polar surface area (TPSA) is 60.0 Å². The molecule has 3 aliphatic rings. The molecule has 1 atom stereocenters. The third kappa shape index (κ3) is 4.66. The maximum atomic E-state index is 11.9. The summed E-state index contributed by atoms with van der Waals surface area (Å²) >= 11 is 2.08. The Hall–Kier alpha value is -0.950. The van der Waals surface area contributed by atoms with Crippen LogP contribution in [0.15, 0.2) is 4.99 Å². The zero-order valence-corrected chi connectivity index (χ0v) is 17.2. The highest BCUT2D eigenvalue weighted by Crippen LogP contribution is 2.36. The Kier molecular flexibility index (Phi) is 7.09. The lowest BCUT2D eigenvalue weighted by molar-refractivity contribution is -0.129. The number of aliphatic imine (C=N–C) groups is 1. The third-order valence-corrected chi connectivity index (χ3v) is 7.15. The molecule has 1 saturated carbocycles. The number of rotatable bonds is 5. The summed E-state index contributed by atoms with van der Waals surface area (Å²) in [5.74, 6) is 3.67. The van der Waals surface area contributed by atoms with E-state index in [0.717, 1.165) is 32.0 Å². The second-order valence-corrected chi connectivity index (χ2v) is 9.00. The Morgan fingerprint density at radius 3 is 2.62 bits per heavy atom. The van der Waals surface area contributed by atoms with Crippen LogP contribution >= 0.6 is 11.8 Å². The number of thioether (sulfide) groups is 1. The van der Waals surface area contributed by atoms with Crippen LogP contribution < -0.4 is 10.6 Å². The van der Waals surface area contributed by atoms with Gasteiger partial charge in [0.2, 0.25) is 5.91 Å². The predicted molar refractivity (Wildman–Crippen MR) is 110 cm³/mol. The van der Waals surface area contributed by atoms with E-state index in [1.807, 2.05) is 18.9 Å². The average molecular weight is 382 g/mol. The molecule has 2 N–H and O–H groups in total. The van der Waals surface area contributed by atoms with E-state index in [1.165, 1.54) is 50.3 Å². The molecule has 0 spiro atoms. The SMILES string of the molecule is CCC(=O)N1CCC(NC(=NC)NCC2(N3CCSCC3)CCCC2)C1. The fourth-order valence-corrected chi connectivity index (χ4v) is 5.54.